The van der Waals surface area contributed by atoms with Gasteiger partial charge in [-0.05, 0) is 42.0 Å². The molecular formula is C20H18N2O3. The lowest BCUT2D eigenvalue weighted by Crippen LogP contribution is -2.31. The Morgan fingerprint density at radius 1 is 0.960 bits per heavy atom. The molecule has 3 N–H and O–H groups in total. The number of hydrogen-bond donors (Lipinski definition) is 2. The summed E-state index contributed by atoms with van der Waals surface area (Å²) in [6.45, 7) is 1.65. The van der Waals surface area contributed by atoms with Gasteiger partial charge in [0.25, 0.3) is 11.8 Å². The highest BCUT2D eigenvalue weighted by Gasteiger charge is 2.17. The number of ether oxygens (including phenoxy) is 1. The van der Waals surface area contributed by atoms with Crippen molar-refractivity contribution in [1.82, 2.24) is 0 Å². The Hall–Kier alpha value is -3.34. The summed E-state index contributed by atoms with van der Waals surface area (Å²) in [5, 5.41) is 4.82. The van der Waals surface area contributed by atoms with E-state index < -0.39 is 12.0 Å². The molecule has 1 atom stereocenters. The van der Waals surface area contributed by atoms with Gasteiger partial charge in [-0.15, -0.1) is 0 Å². The number of fused-ring (bicyclic) bond motifs is 1. The van der Waals surface area contributed by atoms with E-state index in [0.717, 1.165) is 10.8 Å². The van der Waals surface area contributed by atoms with Crippen molar-refractivity contribution in [2.45, 2.75) is 13.0 Å². The van der Waals surface area contributed by atoms with Gasteiger partial charge in [0.2, 0.25) is 0 Å². The van der Waals surface area contributed by atoms with Crippen molar-refractivity contribution in [2.24, 2.45) is 5.73 Å². The van der Waals surface area contributed by atoms with Gasteiger partial charge in [0.15, 0.2) is 6.10 Å². The van der Waals surface area contributed by atoms with E-state index in [0.29, 0.717) is 11.4 Å². The van der Waals surface area contributed by atoms with Crippen LogP contribution >= 0.6 is 0 Å². The van der Waals surface area contributed by atoms with Crippen molar-refractivity contribution < 1.29 is 14.3 Å². The van der Waals surface area contributed by atoms with Crippen LogP contribution in [-0.4, -0.2) is 17.9 Å². The minimum absolute atomic E-state index is 0.258. The van der Waals surface area contributed by atoms with E-state index in [2.05, 4.69) is 5.32 Å². The number of nitrogens with one attached hydrogen (secondary N) is 1. The van der Waals surface area contributed by atoms with Gasteiger partial charge < -0.3 is 15.8 Å². The van der Waals surface area contributed by atoms with E-state index in [4.69, 9.17) is 10.5 Å². The number of carbonyl (C=O) groups excluding carboxylic acids is 2. The van der Waals surface area contributed by atoms with Gasteiger partial charge in [-0.1, -0.05) is 42.5 Å². The number of amides is 2. The summed E-state index contributed by atoms with van der Waals surface area (Å²) in [5.74, 6) is -0.356. The second-order valence-corrected chi connectivity index (χ2v) is 5.67. The van der Waals surface area contributed by atoms with Crippen molar-refractivity contribution in [3.05, 3.63) is 72.3 Å². The van der Waals surface area contributed by atoms with Crippen molar-refractivity contribution in [3.63, 3.8) is 0 Å². The van der Waals surface area contributed by atoms with Crippen molar-refractivity contribution in [3.8, 4) is 5.75 Å². The Morgan fingerprint density at radius 3 is 2.40 bits per heavy atom. The maximum absolute atomic E-state index is 12.4. The molecule has 0 radical (unpaired) electrons. The Kier molecular flexibility index (Phi) is 4.66. The lowest BCUT2D eigenvalue weighted by atomic mass is 10.1. The Balaban J connectivity index is 1.73. The smallest absolute Gasteiger partial charge is 0.265 e. The molecule has 0 fully saturated rings. The Labute approximate surface area is 145 Å². The highest BCUT2D eigenvalue weighted by molar-refractivity contribution is 6.04. The molecule has 0 aliphatic rings. The van der Waals surface area contributed by atoms with Crippen LogP contribution in [0.1, 0.15) is 17.3 Å². The first-order valence-electron chi connectivity index (χ1n) is 7.90. The van der Waals surface area contributed by atoms with E-state index in [9.17, 15) is 9.59 Å². The Morgan fingerprint density at radius 2 is 1.64 bits per heavy atom. The molecule has 3 rings (SSSR count). The van der Waals surface area contributed by atoms with Crippen molar-refractivity contribution in [1.29, 1.82) is 0 Å². The monoisotopic (exact) mass is 334 g/mol. The standard InChI is InChI=1S/C20H18N2O3/c1-13(20(24)22-18-9-5-4-8-17(18)19(21)23)25-16-11-10-14-6-2-3-7-15(14)12-16/h2-13H,1H3,(H2,21,23)(H,22,24)/t13-/m0/s1. The first-order valence-corrected chi connectivity index (χ1v) is 7.90. The second-order valence-electron chi connectivity index (χ2n) is 5.67. The molecule has 0 aliphatic carbocycles. The summed E-state index contributed by atoms with van der Waals surface area (Å²) < 4.78 is 5.73. The summed E-state index contributed by atoms with van der Waals surface area (Å²) in [6.07, 6.45) is -0.734. The zero-order valence-electron chi connectivity index (χ0n) is 13.7. The highest BCUT2D eigenvalue weighted by Crippen LogP contribution is 2.22. The predicted molar refractivity (Wildman–Crippen MR) is 97.6 cm³/mol. The topological polar surface area (TPSA) is 81.4 Å². The molecule has 0 aliphatic heterocycles. The molecule has 0 heterocycles. The highest BCUT2D eigenvalue weighted by atomic mass is 16.5. The third-order valence-electron chi connectivity index (χ3n) is 3.85. The van der Waals surface area contributed by atoms with Crippen LogP contribution in [0.3, 0.4) is 0 Å². The van der Waals surface area contributed by atoms with Crippen LogP contribution in [0.5, 0.6) is 5.75 Å². The Bertz CT molecular complexity index is 937. The summed E-state index contributed by atoms with van der Waals surface area (Å²) in [7, 11) is 0. The fourth-order valence-electron chi connectivity index (χ4n) is 2.54. The van der Waals surface area contributed by atoms with E-state index in [-0.39, 0.29) is 11.5 Å². The van der Waals surface area contributed by atoms with Crippen LogP contribution in [-0.2, 0) is 4.79 Å². The molecule has 25 heavy (non-hydrogen) atoms. The van der Waals surface area contributed by atoms with Gasteiger partial charge in [-0.25, -0.2) is 0 Å². The first-order chi connectivity index (χ1) is 12.0. The van der Waals surface area contributed by atoms with Crippen LogP contribution < -0.4 is 15.8 Å². The fourth-order valence-corrected chi connectivity index (χ4v) is 2.54. The average Bonchev–Trinajstić information content (AvgIpc) is 2.61. The fraction of sp³-hybridized carbons (Fsp3) is 0.100. The SMILES string of the molecule is C[C@H](Oc1ccc2ccccc2c1)C(=O)Nc1ccccc1C(N)=O. The molecule has 0 unspecified atom stereocenters. The lowest BCUT2D eigenvalue weighted by Gasteiger charge is -2.16. The maximum Gasteiger partial charge on any atom is 0.265 e. The van der Waals surface area contributed by atoms with Crippen molar-refractivity contribution in [2.75, 3.05) is 5.32 Å². The van der Waals surface area contributed by atoms with E-state index in [1.54, 1.807) is 31.2 Å². The third kappa shape index (κ3) is 3.77. The van der Waals surface area contributed by atoms with Gasteiger partial charge in [-0.2, -0.15) is 0 Å². The molecule has 0 aromatic heterocycles. The van der Waals surface area contributed by atoms with Gasteiger partial charge in [-0.3, -0.25) is 9.59 Å². The number of anilines is 1. The maximum atomic E-state index is 12.4. The zero-order valence-corrected chi connectivity index (χ0v) is 13.7. The molecule has 5 nitrogen and oxygen atoms in total. The van der Waals surface area contributed by atoms with E-state index >= 15 is 0 Å². The van der Waals surface area contributed by atoms with E-state index in [1.807, 2.05) is 42.5 Å². The molecule has 0 saturated heterocycles. The largest absolute Gasteiger partial charge is 0.481 e. The number of carbonyl (C=O) groups is 2. The van der Waals surface area contributed by atoms with Crippen LogP contribution in [0.4, 0.5) is 5.69 Å². The normalized spacial score (nSPS) is 11.7. The van der Waals surface area contributed by atoms with Crippen LogP contribution in [0.15, 0.2) is 66.7 Å². The molecular weight excluding hydrogens is 316 g/mol. The quantitative estimate of drug-likeness (QED) is 0.751. The molecule has 2 amide bonds. The summed E-state index contributed by atoms with van der Waals surface area (Å²) in [5.41, 5.74) is 5.95. The number of nitrogens with two attached hydrogens (primary N) is 1. The number of primary amides is 1. The van der Waals surface area contributed by atoms with E-state index in [1.165, 1.54) is 0 Å². The van der Waals surface area contributed by atoms with Gasteiger partial charge in [0.1, 0.15) is 5.75 Å². The molecule has 5 heteroatoms. The number of benzene rings is 3. The molecule has 3 aromatic rings. The zero-order chi connectivity index (χ0) is 17.8. The van der Waals surface area contributed by atoms with Crippen molar-refractivity contribution >= 4 is 28.3 Å². The van der Waals surface area contributed by atoms with Gasteiger partial charge >= 0.3 is 0 Å². The minimum Gasteiger partial charge on any atom is -0.481 e. The van der Waals surface area contributed by atoms with Crippen LogP contribution in [0.2, 0.25) is 0 Å². The average molecular weight is 334 g/mol. The number of hydrogen-bond acceptors (Lipinski definition) is 3. The summed E-state index contributed by atoms with van der Waals surface area (Å²) >= 11 is 0. The molecule has 3 aromatic carbocycles. The van der Waals surface area contributed by atoms with Gasteiger partial charge in [0.05, 0.1) is 11.3 Å². The molecule has 0 spiro atoms. The van der Waals surface area contributed by atoms with Crippen LogP contribution in [0, 0.1) is 0 Å². The molecule has 126 valence electrons. The third-order valence-corrected chi connectivity index (χ3v) is 3.85. The minimum atomic E-state index is -0.734. The first kappa shape index (κ1) is 16.5. The molecule has 0 saturated carbocycles. The predicted octanol–water partition coefficient (Wildman–Crippen LogP) is 3.34. The van der Waals surface area contributed by atoms with Gasteiger partial charge in [0, 0.05) is 0 Å². The molecule has 0 bridgehead atoms. The summed E-state index contributed by atoms with van der Waals surface area (Å²) in [4.78, 5) is 23.8. The lowest BCUT2D eigenvalue weighted by molar-refractivity contribution is -0.122. The summed E-state index contributed by atoms with van der Waals surface area (Å²) in [6, 6.07) is 20.1. The number of para-hydroxylation sites is 1. The second kappa shape index (κ2) is 7.05. The number of rotatable bonds is 5. The van der Waals surface area contributed by atoms with Crippen LogP contribution in [0.25, 0.3) is 10.8 Å².